The summed E-state index contributed by atoms with van der Waals surface area (Å²) in [6.45, 7) is 6.86. The first-order valence-corrected chi connectivity index (χ1v) is 11.5. The van der Waals surface area contributed by atoms with E-state index in [-0.39, 0.29) is 11.3 Å². The fourth-order valence-electron chi connectivity index (χ4n) is 4.15. The van der Waals surface area contributed by atoms with Crippen molar-refractivity contribution in [2.75, 3.05) is 26.2 Å². The van der Waals surface area contributed by atoms with Crippen molar-refractivity contribution in [1.82, 2.24) is 9.80 Å². The minimum absolute atomic E-state index is 0.0479. The number of Topliss-reactive ketones (excluding diaryl/α,β-unsaturated/α-hetero) is 1. The standard InChI is InChI=1S/C25H25BrN2O4/c1-3-27(4-2)12-13-28-22(17-9-7-10-18(26)14-17)21(24(30)25(28)31)23(29)20-15-16-8-5-6-11-19(16)32-20/h5-11,14-15,22,30H,3-4,12-13H2,1-2H3/t22-/m0/s1. The number of likely N-dealkylation sites (N-methyl/N-ethyl adjacent to an activating group) is 1. The minimum atomic E-state index is -0.698. The first-order chi connectivity index (χ1) is 15.4. The number of furan rings is 1. The Kier molecular flexibility index (Phi) is 6.48. The second kappa shape index (κ2) is 9.30. The lowest BCUT2D eigenvalue weighted by Gasteiger charge is -2.29. The molecule has 0 spiro atoms. The number of carbonyl (C=O) groups excluding carboxylic acids is 2. The van der Waals surface area contributed by atoms with Crippen LogP contribution in [0.1, 0.15) is 36.0 Å². The zero-order valence-corrected chi connectivity index (χ0v) is 19.6. The maximum absolute atomic E-state index is 13.5. The Morgan fingerprint density at radius 1 is 1.12 bits per heavy atom. The van der Waals surface area contributed by atoms with Gasteiger partial charge in [0.05, 0.1) is 11.6 Å². The van der Waals surface area contributed by atoms with Gasteiger partial charge in [0.25, 0.3) is 5.91 Å². The molecule has 2 aromatic carbocycles. The van der Waals surface area contributed by atoms with Crippen LogP contribution in [0, 0.1) is 0 Å². The first-order valence-electron chi connectivity index (χ1n) is 10.7. The van der Waals surface area contributed by atoms with Crippen LogP contribution in [0.3, 0.4) is 0 Å². The van der Waals surface area contributed by atoms with E-state index in [0.29, 0.717) is 18.7 Å². The molecule has 1 aliphatic rings. The summed E-state index contributed by atoms with van der Waals surface area (Å²) in [5.74, 6) is -1.44. The summed E-state index contributed by atoms with van der Waals surface area (Å²) < 4.78 is 6.59. The third-order valence-electron chi connectivity index (χ3n) is 5.91. The monoisotopic (exact) mass is 496 g/mol. The quantitative estimate of drug-likeness (QED) is 0.438. The number of ketones is 1. The maximum atomic E-state index is 13.5. The van der Waals surface area contributed by atoms with Crippen molar-refractivity contribution in [3.63, 3.8) is 0 Å². The summed E-state index contributed by atoms with van der Waals surface area (Å²) in [7, 11) is 0. The van der Waals surface area contributed by atoms with Gasteiger partial charge in [0, 0.05) is 22.9 Å². The molecule has 3 aromatic rings. The van der Waals surface area contributed by atoms with E-state index < -0.39 is 23.5 Å². The van der Waals surface area contributed by atoms with Crippen molar-refractivity contribution in [3.05, 3.63) is 81.7 Å². The molecule has 32 heavy (non-hydrogen) atoms. The highest BCUT2D eigenvalue weighted by molar-refractivity contribution is 9.10. The van der Waals surface area contributed by atoms with E-state index in [1.807, 2.05) is 42.5 Å². The lowest BCUT2D eigenvalue weighted by atomic mass is 9.95. The van der Waals surface area contributed by atoms with Crippen LogP contribution in [0.25, 0.3) is 11.0 Å². The molecule has 4 rings (SSSR count). The summed E-state index contributed by atoms with van der Waals surface area (Å²) in [5, 5.41) is 11.6. The molecule has 1 aromatic heterocycles. The van der Waals surface area contributed by atoms with Crippen molar-refractivity contribution in [1.29, 1.82) is 0 Å². The van der Waals surface area contributed by atoms with E-state index in [9.17, 15) is 14.7 Å². The topological polar surface area (TPSA) is 74.0 Å². The highest BCUT2D eigenvalue weighted by Crippen LogP contribution is 2.40. The lowest BCUT2D eigenvalue weighted by molar-refractivity contribution is -0.129. The number of aliphatic hydroxyl groups is 1. The molecule has 0 radical (unpaired) electrons. The van der Waals surface area contributed by atoms with Gasteiger partial charge in [-0.3, -0.25) is 9.59 Å². The molecule has 1 atom stereocenters. The first kappa shape index (κ1) is 22.3. The van der Waals surface area contributed by atoms with Crippen LogP contribution in [0.2, 0.25) is 0 Å². The number of hydrogen-bond donors (Lipinski definition) is 1. The predicted octanol–water partition coefficient (Wildman–Crippen LogP) is 5.12. The van der Waals surface area contributed by atoms with Crippen molar-refractivity contribution in [2.45, 2.75) is 19.9 Å². The summed E-state index contributed by atoms with van der Waals surface area (Å²) in [5.41, 5.74) is 1.38. The fraction of sp³-hybridized carbons (Fsp3) is 0.280. The van der Waals surface area contributed by atoms with Gasteiger partial charge in [-0.25, -0.2) is 0 Å². The minimum Gasteiger partial charge on any atom is -0.503 e. The maximum Gasteiger partial charge on any atom is 0.290 e. The van der Waals surface area contributed by atoms with E-state index in [4.69, 9.17) is 4.42 Å². The zero-order valence-electron chi connectivity index (χ0n) is 18.0. The molecule has 7 heteroatoms. The number of aliphatic hydroxyl groups excluding tert-OH is 1. The van der Waals surface area contributed by atoms with Gasteiger partial charge in [0.1, 0.15) is 5.58 Å². The van der Waals surface area contributed by atoms with Crippen molar-refractivity contribution in [3.8, 4) is 0 Å². The van der Waals surface area contributed by atoms with Gasteiger partial charge in [-0.2, -0.15) is 0 Å². The van der Waals surface area contributed by atoms with Gasteiger partial charge in [-0.1, -0.05) is 60.1 Å². The number of benzene rings is 2. The van der Waals surface area contributed by atoms with Crippen LogP contribution in [0.5, 0.6) is 0 Å². The second-order valence-corrected chi connectivity index (χ2v) is 8.64. The Morgan fingerprint density at radius 3 is 2.56 bits per heavy atom. The number of nitrogens with zero attached hydrogens (tertiary/aromatic N) is 2. The molecular weight excluding hydrogens is 472 g/mol. The molecule has 1 amide bonds. The number of rotatable bonds is 8. The van der Waals surface area contributed by atoms with Crippen LogP contribution in [0.15, 0.2) is 74.8 Å². The van der Waals surface area contributed by atoms with Crippen LogP contribution in [-0.2, 0) is 4.79 Å². The SMILES string of the molecule is CCN(CC)CCN1C(=O)C(O)=C(C(=O)c2cc3ccccc3o2)[C@@H]1c1cccc(Br)c1. The van der Waals surface area contributed by atoms with Crippen molar-refractivity contribution in [2.24, 2.45) is 0 Å². The lowest BCUT2D eigenvalue weighted by Crippen LogP contribution is -2.38. The fourth-order valence-corrected chi connectivity index (χ4v) is 4.57. The normalized spacial score (nSPS) is 16.6. The molecule has 1 aliphatic heterocycles. The van der Waals surface area contributed by atoms with Crippen LogP contribution < -0.4 is 0 Å². The molecule has 2 heterocycles. The molecule has 0 aliphatic carbocycles. The zero-order chi connectivity index (χ0) is 22.8. The van der Waals surface area contributed by atoms with Gasteiger partial charge in [-0.15, -0.1) is 0 Å². The Labute approximate surface area is 195 Å². The Balaban J connectivity index is 1.75. The number of hydrogen-bond acceptors (Lipinski definition) is 5. The highest BCUT2D eigenvalue weighted by Gasteiger charge is 2.44. The van der Waals surface area contributed by atoms with Gasteiger partial charge in [0.2, 0.25) is 5.78 Å². The molecule has 6 nitrogen and oxygen atoms in total. The molecule has 1 N–H and O–H groups in total. The van der Waals surface area contributed by atoms with Gasteiger partial charge in [-0.05, 0) is 42.9 Å². The molecule has 0 unspecified atom stereocenters. The number of halogens is 1. The molecule has 0 fully saturated rings. The van der Waals surface area contributed by atoms with Crippen LogP contribution in [0.4, 0.5) is 0 Å². The number of carbonyl (C=O) groups is 2. The number of amides is 1. The second-order valence-electron chi connectivity index (χ2n) is 7.72. The Hall–Kier alpha value is -2.90. The summed E-state index contributed by atoms with van der Waals surface area (Å²) in [6.07, 6.45) is 0. The third-order valence-corrected chi connectivity index (χ3v) is 6.41. The third kappa shape index (κ3) is 4.10. The summed E-state index contributed by atoms with van der Waals surface area (Å²) >= 11 is 3.48. The average molecular weight is 497 g/mol. The average Bonchev–Trinajstić information content (AvgIpc) is 3.34. The smallest absolute Gasteiger partial charge is 0.290 e. The van der Waals surface area contributed by atoms with E-state index in [2.05, 4.69) is 34.7 Å². The van der Waals surface area contributed by atoms with Gasteiger partial charge >= 0.3 is 0 Å². The van der Waals surface area contributed by atoms with E-state index in [1.165, 1.54) is 0 Å². The predicted molar refractivity (Wildman–Crippen MR) is 127 cm³/mol. The molecule has 0 saturated heterocycles. The number of para-hydroxylation sites is 1. The largest absolute Gasteiger partial charge is 0.503 e. The van der Waals surface area contributed by atoms with E-state index >= 15 is 0 Å². The van der Waals surface area contributed by atoms with Crippen molar-refractivity contribution >= 4 is 38.6 Å². The Bertz CT molecular complexity index is 1160. The van der Waals surface area contributed by atoms with Gasteiger partial charge < -0.3 is 19.3 Å². The molecule has 0 bridgehead atoms. The molecular formula is C25H25BrN2O4. The Morgan fingerprint density at radius 2 is 1.88 bits per heavy atom. The van der Waals surface area contributed by atoms with E-state index in [0.717, 1.165) is 28.5 Å². The summed E-state index contributed by atoms with van der Waals surface area (Å²) in [6, 6.07) is 15.7. The highest BCUT2D eigenvalue weighted by atomic mass is 79.9. The van der Waals surface area contributed by atoms with Crippen molar-refractivity contribution < 1.29 is 19.1 Å². The number of fused-ring (bicyclic) bond motifs is 1. The van der Waals surface area contributed by atoms with Crippen LogP contribution >= 0.6 is 15.9 Å². The van der Waals surface area contributed by atoms with E-state index in [1.54, 1.807) is 17.0 Å². The van der Waals surface area contributed by atoms with Gasteiger partial charge in [0.15, 0.2) is 11.5 Å². The van der Waals surface area contributed by atoms with Crippen LogP contribution in [-0.4, -0.2) is 52.8 Å². The molecule has 0 saturated carbocycles. The summed E-state index contributed by atoms with van der Waals surface area (Å²) in [4.78, 5) is 30.4. The molecule has 166 valence electrons.